The van der Waals surface area contributed by atoms with Crippen molar-refractivity contribution >= 4 is 0 Å². The molecule has 2 aliphatic carbocycles. The van der Waals surface area contributed by atoms with Gasteiger partial charge in [0, 0.05) is 83.8 Å². The van der Waals surface area contributed by atoms with Crippen molar-refractivity contribution in [2.45, 2.75) is 191 Å². The Morgan fingerprint density at radius 3 is 0.893 bits per heavy atom. The minimum absolute atomic E-state index is 0.208. The third-order valence-corrected chi connectivity index (χ3v) is 17.5. The van der Waals surface area contributed by atoms with Crippen molar-refractivity contribution in [1.29, 1.82) is 0 Å². The largest absolute Gasteiger partial charge is 0.392 e. The quantitative estimate of drug-likeness (QED) is 0.185. The summed E-state index contributed by atoms with van der Waals surface area (Å²) in [5.74, 6) is 2.97. The molecular weight excluding hydrogens is 689 g/mol. The third kappa shape index (κ3) is 7.60. The molecule has 2 aromatic carbocycles. The first-order valence-corrected chi connectivity index (χ1v) is 23.3. The summed E-state index contributed by atoms with van der Waals surface area (Å²) in [6, 6.07) is 25.5. The lowest BCUT2D eigenvalue weighted by Crippen LogP contribution is -2.56. The molecule has 12 atom stereocenters. The van der Waals surface area contributed by atoms with E-state index >= 15 is 0 Å². The Morgan fingerprint density at radius 1 is 0.393 bits per heavy atom. The van der Waals surface area contributed by atoms with E-state index in [0.29, 0.717) is 72.0 Å². The Balaban J connectivity index is 1.10. The van der Waals surface area contributed by atoms with Crippen molar-refractivity contribution in [3.63, 3.8) is 0 Å². The number of rotatable bonds is 2. The standard InChI is InChI=1S/C50H76N4O2/c1-49(2,3)31-25-33-37-17-21-41(51-37)45(29-13-9-7-10-14-29)43-23-19-39(53-43)35-27-32(50(4,5)6)28-36(48(35)56)40-20-24-44(54-40)46(30-15-11-8-12-16-30)42-22-18-38(52-42)34(26-31)47(33)55/h7-16,31-48,51-56H,17-28H2,1-6H3. The molecule has 5 saturated heterocycles. The molecule has 2 aromatic rings. The molecule has 0 amide bonds. The van der Waals surface area contributed by atoms with Crippen molar-refractivity contribution < 1.29 is 10.2 Å². The first kappa shape index (κ1) is 39.6. The van der Waals surface area contributed by atoms with E-state index < -0.39 is 0 Å². The molecule has 12 bridgehead atoms. The molecule has 0 spiro atoms. The van der Waals surface area contributed by atoms with Crippen molar-refractivity contribution in [2.75, 3.05) is 0 Å². The van der Waals surface area contributed by atoms with Crippen LogP contribution in [0.4, 0.5) is 0 Å². The van der Waals surface area contributed by atoms with Crippen LogP contribution in [0.1, 0.15) is 142 Å². The molecule has 6 N–H and O–H groups in total. The van der Waals surface area contributed by atoms with Crippen LogP contribution in [0.25, 0.3) is 0 Å². The lowest BCUT2D eigenvalue weighted by atomic mass is 9.61. The summed E-state index contributed by atoms with van der Waals surface area (Å²) in [4.78, 5) is 0. The monoisotopic (exact) mass is 765 g/mol. The normalized spacial score (nSPS) is 45.8. The number of aliphatic hydroxyl groups excluding tert-OH is 2. The number of hydrogen-bond acceptors (Lipinski definition) is 6. The van der Waals surface area contributed by atoms with Crippen LogP contribution in [0.3, 0.4) is 0 Å². The molecule has 56 heavy (non-hydrogen) atoms. The number of benzene rings is 2. The highest BCUT2D eigenvalue weighted by molar-refractivity contribution is 5.27. The molecule has 7 aliphatic rings. The van der Waals surface area contributed by atoms with Crippen LogP contribution in [-0.4, -0.2) is 70.8 Å². The van der Waals surface area contributed by atoms with Gasteiger partial charge in [-0.25, -0.2) is 0 Å². The zero-order valence-electron chi connectivity index (χ0n) is 35.5. The fraction of sp³-hybridized carbons (Fsp3) is 0.760. The van der Waals surface area contributed by atoms with Gasteiger partial charge in [-0.2, -0.15) is 0 Å². The molecule has 308 valence electrons. The Labute approximate surface area is 339 Å². The van der Waals surface area contributed by atoms with E-state index in [1.807, 2.05) is 0 Å². The van der Waals surface area contributed by atoms with Gasteiger partial charge in [0.1, 0.15) is 0 Å². The summed E-state index contributed by atoms with van der Waals surface area (Å²) in [7, 11) is 0. The van der Waals surface area contributed by atoms with Gasteiger partial charge in [-0.1, -0.05) is 102 Å². The molecule has 0 radical (unpaired) electrons. The van der Waals surface area contributed by atoms with Gasteiger partial charge in [-0.3, -0.25) is 0 Å². The highest BCUT2D eigenvalue weighted by Crippen LogP contribution is 2.51. The van der Waals surface area contributed by atoms with Crippen LogP contribution in [0.2, 0.25) is 0 Å². The van der Waals surface area contributed by atoms with Crippen molar-refractivity contribution in [3.05, 3.63) is 71.8 Å². The molecule has 6 heteroatoms. The second-order valence-electron chi connectivity index (χ2n) is 22.4. The molecule has 6 nitrogen and oxygen atoms in total. The maximum absolute atomic E-state index is 12.6. The van der Waals surface area contributed by atoms with E-state index in [0.717, 1.165) is 77.0 Å². The van der Waals surface area contributed by atoms with E-state index in [2.05, 4.69) is 123 Å². The Morgan fingerprint density at radius 2 is 0.643 bits per heavy atom. The Kier molecular flexibility index (Phi) is 11.1. The molecular formula is C50H76N4O2. The summed E-state index contributed by atoms with van der Waals surface area (Å²) in [6.45, 7) is 14.7. The maximum atomic E-state index is 12.6. The molecule has 7 fully saturated rings. The first-order chi connectivity index (χ1) is 26.8. The molecule has 2 saturated carbocycles. The van der Waals surface area contributed by atoms with Crippen LogP contribution in [-0.2, 0) is 0 Å². The second kappa shape index (κ2) is 15.7. The van der Waals surface area contributed by atoms with Gasteiger partial charge in [0.2, 0.25) is 0 Å². The van der Waals surface area contributed by atoms with Gasteiger partial charge in [0.15, 0.2) is 0 Å². The van der Waals surface area contributed by atoms with E-state index in [1.54, 1.807) is 0 Å². The molecule has 0 aromatic heterocycles. The molecule has 9 rings (SSSR count). The van der Waals surface area contributed by atoms with Crippen molar-refractivity contribution in [1.82, 2.24) is 21.3 Å². The van der Waals surface area contributed by atoms with Gasteiger partial charge >= 0.3 is 0 Å². The Hall–Kier alpha value is -1.80. The van der Waals surface area contributed by atoms with E-state index in [9.17, 15) is 10.2 Å². The van der Waals surface area contributed by atoms with Crippen LogP contribution < -0.4 is 21.3 Å². The Bertz CT molecular complexity index is 1420. The number of hydrogen-bond donors (Lipinski definition) is 6. The highest BCUT2D eigenvalue weighted by atomic mass is 16.3. The maximum Gasteiger partial charge on any atom is 0.0626 e. The second-order valence-corrected chi connectivity index (χ2v) is 22.4. The van der Waals surface area contributed by atoms with Crippen molar-refractivity contribution in [3.8, 4) is 0 Å². The smallest absolute Gasteiger partial charge is 0.0626 e. The van der Waals surface area contributed by atoms with Crippen molar-refractivity contribution in [2.24, 2.45) is 46.3 Å². The van der Waals surface area contributed by atoms with Gasteiger partial charge < -0.3 is 31.5 Å². The minimum atomic E-state index is -0.295. The summed E-state index contributed by atoms with van der Waals surface area (Å²) in [5, 5.41) is 42.4. The zero-order chi connectivity index (χ0) is 38.9. The lowest BCUT2D eigenvalue weighted by molar-refractivity contribution is -0.0519. The third-order valence-electron chi connectivity index (χ3n) is 17.5. The van der Waals surface area contributed by atoms with Gasteiger partial charge in [-0.05, 0) is 111 Å². The van der Waals surface area contributed by atoms with Crippen LogP contribution >= 0.6 is 0 Å². The highest BCUT2D eigenvalue weighted by Gasteiger charge is 2.54. The molecule has 5 aliphatic heterocycles. The number of fused-ring (bicyclic) bond motifs is 16. The molecule has 5 heterocycles. The fourth-order valence-corrected chi connectivity index (χ4v) is 14.2. The predicted octanol–water partition coefficient (Wildman–Crippen LogP) is 8.15. The summed E-state index contributed by atoms with van der Waals surface area (Å²) >= 11 is 0. The van der Waals surface area contributed by atoms with Gasteiger partial charge in [-0.15, -0.1) is 0 Å². The fourth-order valence-electron chi connectivity index (χ4n) is 14.2. The number of nitrogens with one attached hydrogen (secondary N) is 4. The number of aliphatic hydroxyl groups is 2. The minimum Gasteiger partial charge on any atom is -0.392 e. The summed E-state index contributed by atoms with van der Waals surface area (Å²) in [6.07, 6.45) is 13.0. The zero-order valence-corrected chi connectivity index (χ0v) is 35.5. The van der Waals surface area contributed by atoms with E-state index in [1.165, 1.54) is 11.1 Å². The van der Waals surface area contributed by atoms with Gasteiger partial charge in [0.25, 0.3) is 0 Å². The van der Waals surface area contributed by atoms with E-state index in [4.69, 9.17) is 0 Å². The predicted molar refractivity (Wildman–Crippen MR) is 228 cm³/mol. The summed E-state index contributed by atoms with van der Waals surface area (Å²) in [5.41, 5.74) is 3.29. The average molecular weight is 765 g/mol. The first-order valence-electron chi connectivity index (χ1n) is 23.3. The lowest BCUT2D eigenvalue weighted by Gasteiger charge is -2.49. The van der Waals surface area contributed by atoms with Crippen LogP contribution in [0.15, 0.2) is 60.7 Å². The topological polar surface area (TPSA) is 88.6 Å². The van der Waals surface area contributed by atoms with Crippen LogP contribution in [0.5, 0.6) is 0 Å². The van der Waals surface area contributed by atoms with E-state index in [-0.39, 0.29) is 46.7 Å². The SMILES string of the molecule is CC(C)(C)C1CC2C3CCC(N3)C(c3ccccc3)C3CCC(N3)C3CC(C(C)(C)C)CC(C4CCC(N4)C(c4ccccc4)C4CCC(N4)C(C1)C2O)C3O. The van der Waals surface area contributed by atoms with Crippen LogP contribution in [0, 0.1) is 46.3 Å². The molecule has 12 unspecified atom stereocenters. The van der Waals surface area contributed by atoms with Gasteiger partial charge in [0.05, 0.1) is 12.2 Å². The average Bonchev–Trinajstić information content (AvgIpc) is 4.01. The summed E-state index contributed by atoms with van der Waals surface area (Å²) < 4.78 is 0.